The molecule has 1 atom stereocenters. The maximum Gasteiger partial charge on any atom is 0.355 e. The Hall–Kier alpha value is -4.46. The van der Waals surface area contributed by atoms with E-state index in [1.807, 2.05) is 0 Å². The van der Waals surface area contributed by atoms with Crippen molar-refractivity contribution >= 4 is 17.9 Å². The summed E-state index contributed by atoms with van der Waals surface area (Å²) in [6.07, 6.45) is 1.09. The van der Waals surface area contributed by atoms with E-state index in [-0.39, 0.29) is 35.4 Å². The molecule has 14 nitrogen and oxygen atoms in total. The van der Waals surface area contributed by atoms with Crippen molar-refractivity contribution in [2.24, 2.45) is 5.73 Å². The van der Waals surface area contributed by atoms with Gasteiger partial charge in [-0.25, -0.2) is 14.6 Å². The van der Waals surface area contributed by atoms with E-state index < -0.39 is 40.8 Å². The van der Waals surface area contributed by atoms with Crippen LogP contribution < -0.4 is 16.9 Å². The van der Waals surface area contributed by atoms with Crippen LogP contribution in [0.5, 0.6) is 0 Å². The molecule has 0 aliphatic carbocycles. The number of aromatic carboxylic acids is 2. The van der Waals surface area contributed by atoms with Crippen LogP contribution >= 0.6 is 0 Å². The third kappa shape index (κ3) is 5.82. The van der Waals surface area contributed by atoms with Gasteiger partial charge in [-0.3, -0.25) is 14.4 Å². The van der Waals surface area contributed by atoms with E-state index in [0.717, 1.165) is 4.74 Å². The Bertz CT molecular complexity index is 1260. The molecule has 0 bridgehead atoms. The number of rotatable bonds is 7. The second kappa shape index (κ2) is 10.2. The first kappa shape index (κ1) is 24.8. The molecule has 0 spiro atoms. The lowest BCUT2D eigenvalue weighted by Gasteiger charge is -2.02. The molecule has 0 amide bonds. The van der Waals surface area contributed by atoms with Gasteiger partial charge in [-0.1, -0.05) is 0 Å². The minimum absolute atomic E-state index is 0.0976. The first-order valence-electron chi connectivity index (χ1n) is 9.20. The molecule has 33 heavy (non-hydrogen) atoms. The number of nitrogens with zero attached hydrogens (tertiary/aromatic N) is 2. The second-order valence-electron chi connectivity index (χ2n) is 6.69. The molecule has 3 rings (SSSR count). The molecule has 14 heteroatoms. The van der Waals surface area contributed by atoms with Gasteiger partial charge in [0, 0.05) is 12.6 Å². The summed E-state index contributed by atoms with van der Waals surface area (Å²) in [7, 11) is 0. The van der Waals surface area contributed by atoms with Gasteiger partial charge in [-0.15, -0.1) is 0 Å². The predicted molar refractivity (Wildman–Crippen MR) is 108 cm³/mol. The molecule has 0 fully saturated rings. The average Bonchev–Trinajstić information content (AvgIpc) is 3.21. The number of pyridine rings is 1. The molecule has 3 aromatic heterocycles. The number of hydrogen-bond acceptors (Lipinski definition) is 9. The fourth-order valence-corrected chi connectivity index (χ4v) is 2.69. The molecule has 0 aliphatic heterocycles. The summed E-state index contributed by atoms with van der Waals surface area (Å²) in [6.45, 7) is 3.02. The molecule has 176 valence electrons. The van der Waals surface area contributed by atoms with Gasteiger partial charge in [0.15, 0.2) is 5.69 Å². The number of H-pyrrole nitrogens is 1. The predicted octanol–water partition coefficient (Wildman–Crippen LogP) is -0.180. The van der Waals surface area contributed by atoms with E-state index >= 15 is 0 Å². The molecule has 0 saturated carbocycles. The smallest absolute Gasteiger partial charge is 0.355 e. The van der Waals surface area contributed by atoms with Crippen molar-refractivity contribution in [3.8, 4) is 0 Å². The molecule has 3 aromatic rings. The number of carboxylic acid groups (broad SMARTS) is 3. The lowest BCUT2D eigenvalue weighted by Crippen LogP contribution is -2.34. The number of hydrogen-bond donors (Lipinski definition) is 5. The topological polar surface area (TPSA) is 232 Å². The molecule has 0 radical (unpaired) electrons. The van der Waals surface area contributed by atoms with Crippen molar-refractivity contribution in [2.45, 2.75) is 32.9 Å². The summed E-state index contributed by atoms with van der Waals surface area (Å²) < 4.78 is 11.1. The van der Waals surface area contributed by atoms with E-state index in [2.05, 4.69) is 10.1 Å². The Labute approximate surface area is 183 Å². The van der Waals surface area contributed by atoms with E-state index in [1.54, 1.807) is 6.92 Å². The Kier molecular flexibility index (Phi) is 7.69. The van der Waals surface area contributed by atoms with Gasteiger partial charge in [0.05, 0.1) is 23.2 Å². The minimum Gasteiger partial charge on any atom is -0.480 e. The van der Waals surface area contributed by atoms with Crippen LogP contribution in [0.2, 0.25) is 0 Å². The van der Waals surface area contributed by atoms with Crippen LogP contribution in [0.25, 0.3) is 0 Å². The normalized spacial score (nSPS) is 11.4. The van der Waals surface area contributed by atoms with Gasteiger partial charge in [-0.2, -0.15) is 9.90 Å². The Morgan fingerprint density at radius 3 is 2.27 bits per heavy atom. The summed E-state index contributed by atoms with van der Waals surface area (Å²) in [6, 6.07) is 1.37. The van der Waals surface area contributed by atoms with Crippen molar-refractivity contribution < 1.29 is 38.7 Å². The molecule has 0 aliphatic rings. The summed E-state index contributed by atoms with van der Waals surface area (Å²) in [5, 5.41) is 27.9. The number of aryl methyl sites for hydroxylation is 2. The van der Waals surface area contributed by atoms with Crippen LogP contribution in [0, 0.1) is 13.8 Å². The standard InChI is InChI=1S/C12H15N3O6.C7H5NO4/c1-5-8(10(16)14-20-5)4-15-11(17)7(6(2)21-15)3-9(13)12(18)19;9-6(10)4-2-1-3-8-5(4)7(11)12/h9H,3-4,13H2,1-2H3,(H,14,16)(H,18,19);1-3H,(H,9,10)(H,11,12). The Morgan fingerprint density at radius 1 is 1.12 bits per heavy atom. The number of aromatic nitrogens is 3. The number of nitrogens with one attached hydrogen (secondary N) is 1. The summed E-state index contributed by atoms with van der Waals surface area (Å²) >= 11 is 0. The third-order valence-electron chi connectivity index (χ3n) is 4.44. The van der Waals surface area contributed by atoms with Crippen LogP contribution in [-0.2, 0) is 17.8 Å². The van der Waals surface area contributed by atoms with Crippen LogP contribution in [-0.4, -0.2) is 54.1 Å². The number of aromatic amines is 1. The van der Waals surface area contributed by atoms with Crippen molar-refractivity contribution in [3.05, 3.63) is 72.9 Å². The van der Waals surface area contributed by atoms with Crippen LogP contribution in [0.1, 0.15) is 43.5 Å². The van der Waals surface area contributed by atoms with E-state index in [1.165, 1.54) is 25.3 Å². The molecule has 0 saturated heterocycles. The first-order chi connectivity index (χ1) is 15.4. The fraction of sp³-hybridized carbons (Fsp3) is 0.263. The zero-order valence-corrected chi connectivity index (χ0v) is 17.4. The summed E-state index contributed by atoms with van der Waals surface area (Å²) in [4.78, 5) is 58.7. The zero-order valence-electron chi connectivity index (χ0n) is 17.4. The quantitative estimate of drug-likeness (QED) is 0.306. The average molecular weight is 464 g/mol. The van der Waals surface area contributed by atoms with Crippen LogP contribution in [0.15, 0.2) is 37.0 Å². The van der Waals surface area contributed by atoms with Crippen molar-refractivity contribution in [2.75, 3.05) is 0 Å². The van der Waals surface area contributed by atoms with Crippen molar-refractivity contribution in [3.63, 3.8) is 0 Å². The van der Waals surface area contributed by atoms with Gasteiger partial charge in [0.1, 0.15) is 17.6 Å². The maximum atomic E-state index is 12.2. The Morgan fingerprint density at radius 2 is 1.79 bits per heavy atom. The monoisotopic (exact) mass is 464 g/mol. The highest BCUT2D eigenvalue weighted by Crippen LogP contribution is 2.09. The lowest BCUT2D eigenvalue weighted by atomic mass is 10.1. The summed E-state index contributed by atoms with van der Waals surface area (Å²) in [5.41, 5.74) is 4.17. The van der Waals surface area contributed by atoms with Gasteiger partial charge in [0.2, 0.25) is 0 Å². The van der Waals surface area contributed by atoms with Gasteiger partial charge in [0.25, 0.3) is 11.1 Å². The molecular weight excluding hydrogens is 444 g/mol. The van der Waals surface area contributed by atoms with E-state index in [0.29, 0.717) is 5.76 Å². The van der Waals surface area contributed by atoms with Crippen molar-refractivity contribution in [1.82, 2.24) is 14.9 Å². The number of aliphatic carboxylic acids is 1. The number of carbonyl (C=O) groups is 3. The molecule has 0 aromatic carbocycles. The molecule has 1 unspecified atom stereocenters. The van der Waals surface area contributed by atoms with Gasteiger partial charge in [-0.05, 0) is 26.0 Å². The number of carboxylic acids is 3. The van der Waals surface area contributed by atoms with E-state index in [4.69, 9.17) is 30.1 Å². The zero-order chi connectivity index (χ0) is 24.9. The third-order valence-corrected chi connectivity index (χ3v) is 4.44. The highest BCUT2D eigenvalue weighted by molar-refractivity contribution is 6.00. The van der Waals surface area contributed by atoms with E-state index in [9.17, 15) is 24.0 Å². The van der Waals surface area contributed by atoms with Crippen molar-refractivity contribution in [1.29, 1.82) is 0 Å². The SMILES string of the molecule is Cc1o[nH]c(=O)c1Cn1oc(C)c(CC(N)C(=O)O)c1=O.O=C(O)c1cccnc1C(=O)O. The van der Waals surface area contributed by atoms with Crippen LogP contribution in [0.4, 0.5) is 0 Å². The maximum absolute atomic E-state index is 12.2. The molecular formula is C19H20N4O10. The van der Waals surface area contributed by atoms with Gasteiger partial charge >= 0.3 is 17.9 Å². The second-order valence-corrected chi connectivity index (χ2v) is 6.69. The van der Waals surface area contributed by atoms with Gasteiger partial charge < -0.3 is 30.1 Å². The largest absolute Gasteiger partial charge is 0.480 e. The molecule has 6 N–H and O–H groups in total. The lowest BCUT2D eigenvalue weighted by molar-refractivity contribution is -0.138. The highest BCUT2D eigenvalue weighted by atomic mass is 16.5. The minimum atomic E-state index is -1.34. The summed E-state index contributed by atoms with van der Waals surface area (Å²) in [5.74, 6) is -3.21. The van der Waals surface area contributed by atoms with Crippen LogP contribution in [0.3, 0.4) is 0 Å². The first-order valence-corrected chi connectivity index (χ1v) is 9.20. The Balaban J connectivity index is 0.000000273. The number of nitrogens with two attached hydrogens (primary N) is 1. The molecule has 3 heterocycles. The fourth-order valence-electron chi connectivity index (χ4n) is 2.69. The highest BCUT2D eigenvalue weighted by Gasteiger charge is 2.22.